The molecule has 14 heavy (non-hydrogen) atoms. The van der Waals surface area contributed by atoms with Crippen molar-refractivity contribution >= 4 is 22.2 Å². The maximum Gasteiger partial charge on any atom is 0.188 e. The fourth-order valence-electron chi connectivity index (χ4n) is 1.04. The molecule has 4 heteroatoms. The quantitative estimate of drug-likeness (QED) is 0.615. The van der Waals surface area contributed by atoms with Crippen LogP contribution in [0.2, 0.25) is 0 Å². The second kappa shape index (κ2) is 5.12. The number of aldehydes is 1. The number of hydrogen-bond donors (Lipinski definition) is 0. The first kappa shape index (κ1) is 11.2. The van der Waals surface area contributed by atoms with Crippen molar-refractivity contribution in [2.24, 2.45) is 0 Å². The van der Waals surface area contributed by atoms with E-state index < -0.39 is 0 Å². The molecule has 0 aromatic heterocycles. The van der Waals surface area contributed by atoms with Crippen LogP contribution in [0.3, 0.4) is 0 Å². The van der Waals surface area contributed by atoms with Crippen LogP contribution in [0.4, 0.5) is 0 Å². The van der Waals surface area contributed by atoms with E-state index in [-0.39, 0.29) is 6.79 Å². The minimum atomic E-state index is 0.135. The number of benzene rings is 1. The fraction of sp³-hybridized carbons (Fsp3) is 0.300. The van der Waals surface area contributed by atoms with Gasteiger partial charge in [0, 0.05) is 11.6 Å². The molecule has 0 bridgehead atoms. The van der Waals surface area contributed by atoms with Crippen molar-refractivity contribution in [1.29, 1.82) is 0 Å². The van der Waals surface area contributed by atoms with Crippen LogP contribution in [0.1, 0.15) is 15.9 Å². The molecule has 3 nitrogen and oxygen atoms in total. The second-order valence-electron chi connectivity index (χ2n) is 2.78. The molecular formula is C10H11BrO3. The summed E-state index contributed by atoms with van der Waals surface area (Å²) in [5, 5.41) is 0. The van der Waals surface area contributed by atoms with Gasteiger partial charge in [-0.15, -0.1) is 0 Å². The molecule has 1 aromatic carbocycles. The Labute approximate surface area is 91.1 Å². The Hall–Kier alpha value is -0.870. The van der Waals surface area contributed by atoms with Crippen LogP contribution < -0.4 is 4.74 Å². The fourth-order valence-corrected chi connectivity index (χ4v) is 1.46. The average Bonchev–Trinajstić information content (AvgIpc) is 2.20. The smallest absolute Gasteiger partial charge is 0.188 e. The number of aryl methyl sites for hydroxylation is 1. The van der Waals surface area contributed by atoms with E-state index >= 15 is 0 Å². The molecule has 0 N–H and O–H groups in total. The lowest BCUT2D eigenvalue weighted by molar-refractivity contribution is 0.0505. The minimum Gasteiger partial charge on any atom is -0.467 e. The third-order valence-corrected chi connectivity index (χ3v) is 2.84. The zero-order valence-corrected chi connectivity index (χ0v) is 9.63. The maximum atomic E-state index is 10.8. The van der Waals surface area contributed by atoms with E-state index in [9.17, 15) is 4.79 Å². The molecule has 0 fully saturated rings. The van der Waals surface area contributed by atoms with Crippen LogP contribution in [-0.4, -0.2) is 20.2 Å². The molecule has 0 spiro atoms. The Balaban J connectivity index is 3.04. The van der Waals surface area contributed by atoms with Crippen molar-refractivity contribution in [3.63, 3.8) is 0 Å². The summed E-state index contributed by atoms with van der Waals surface area (Å²) in [6, 6.07) is 3.63. The Morgan fingerprint density at radius 2 is 2.21 bits per heavy atom. The molecule has 0 aliphatic carbocycles. The van der Waals surface area contributed by atoms with Crippen molar-refractivity contribution in [1.82, 2.24) is 0 Å². The van der Waals surface area contributed by atoms with Gasteiger partial charge in [-0.2, -0.15) is 0 Å². The normalized spacial score (nSPS) is 9.93. The van der Waals surface area contributed by atoms with E-state index in [4.69, 9.17) is 9.47 Å². The number of rotatable bonds is 4. The van der Waals surface area contributed by atoms with Gasteiger partial charge in [-0.25, -0.2) is 0 Å². The molecule has 0 unspecified atom stereocenters. The highest BCUT2D eigenvalue weighted by Crippen LogP contribution is 2.28. The third kappa shape index (κ3) is 2.33. The molecule has 1 aromatic rings. The highest BCUT2D eigenvalue weighted by Gasteiger charge is 2.09. The summed E-state index contributed by atoms with van der Waals surface area (Å²) in [5.41, 5.74) is 1.51. The zero-order valence-electron chi connectivity index (χ0n) is 8.04. The van der Waals surface area contributed by atoms with Crippen molar-refractivity contribution < 1.29 is 14.3 Å². The van der Waals surface area contributed by atoms with E-state index in [2.05, 4.69) is 15.9 Å². The van der Waals surface area contributed by atoms with E-state index in [1.807, 2.05) is 13.0 Å². The first-order valence-corrected chi connectivity index (χ1v) is 4.86. The molecule has 0 radical (unpaired) electrons. The molecule has 0 atom stereocenters. The van der Waals surface area contributed by atoms with Crippen molar-refractivity contribution in [3.8, 4) is 5.75 Å². The summed E-state index contributed by atoms with van der Waals surface area (Å²) < 4.78 is 10.8. The van der Waals surface area contributed by atoms with Gasteiger partial charge in [0.25, 0.3) is 0 Å². The van der Waals surface area contributed by atoms with Gasteiger partial charge in [0.2, 0.25) is 0 Å². The van der Waals surface area contributed by atoms with Crippen molar-refractivity contribution in [3.05, 3.63) is 27.7 Å². The molecule has 0 amide bonds. The Kier molecular flexibility index (Phi) is 4.10. The molecule has 1 rings (SSSR count). The van der Waals surface area contributed by atoms with Gasteiger partial charge in [-0.05, 0) is 34.5 Å². The zero-order chi connectivity index (χ0) is 10.6. The summed E-state index contributed by atoms with van der Waals surface area (Å²) in [6.07, 6.45) is 0.766. The Bertz CT molecular complexity index is 336. The van der Waals surface area contributed by atoms with Gasteiger partial charge in [0.05, 0.1) is 5.56 Å². The lowest BCUT2D eigenvalue weighted by atomic mass is 10.1. The summed E-state index contributed by atoms with van der Waals surface area (Å²) in [4.78, 5) is 10.8. The van der Waals surface area contributed by atoms with Crippen molar-refractivity contribution in [2.45, 2.75) is 6.92 Å². The molecule has 0 heterocycles. The van der Waals surface area contributed by atoms with Crippen molar-refractivity contribution in [2.75, 3.05) is 13.9 Å². The first-order chi connectivity index (χ1) is 6.70. The highest BCUT2D eigenvalue weighted by atomic mass is 79.9. The van der Waals surface area contributed by atoms with Crippen LogP contribution in [0, 0.1) is 6.92 Å². The van der Waals surface area contributed by atoms with Crippen LogP contribution in [0.5, 0.6) is 5.75 Å². The predicted molar refractivity (Wildman–Crippen MR) is 56.8 cm³/mol. The van der Waals surface area contributed by atoms with Crippen LogP contribution in [-0.2, 0) is 4.74 Å². The maximum absolute atomic E-state index is 10.8. The summed E-state index contributed by atoms with van der Waals surface area (Å²) >= 11 is 3.33. The van der Waals surface area contributed by atoms with Gasteiger partial charge in [-0.1, -0.05) is 6.07 Å². The molecule has 0 aliphatic heterocycles. The molecule has 0 saturated heterocycles. The van der Waals surface area contributed by atoms with E-state index in [0.29, 0.717) is 11.3 Å². The van der Waals surface area contributed by atoms with E-state index in [1.165, 1.54) is 7.11 Å². The summed E-state index contributed by atoms with van der Waals surface area (Å²) in [7, 11) is 1.53. The average molecular weight is 259 g/mol. The first-order valence-electron chi connectivity index (χ1n) is 4.06. The van der Waals surface area contributed by atoms with Crippen LogP contribution in [0.15, 0.2) is 16.6 Å². The summed E-state index contributed by atoms with van der Waals surface area (Å²) in [6.45, 7) is 2.05. The SMILES string of the molecule is COCOc1ccc(C)c(Br)c1C=O. The predicted octanol–water partition coefficient (Wildman–Crippen LogP) is 2.55. The lowest BCUT2D eigenvalue weighted by Crippen LogP contribution is -2.02. The lowest BCUT2D eigenvalue weighted by Gasteiger charge is -2.09. The topological polar surface area (TPSA) is 35.5 Å². The van der Waals surface area contributed by atoms with Gasteiger partial charge in [-0.3, -0.25) is 4.79 Å². The number of halogens is 1. The number of methoxy groups -OCH3 is 1. The molecule has 76 valence electrons. The van der Waals surface area contributed by atoms with Gasteiger partial charge in [0.1, 0.15) is 5.75 Å². The van der Waals surface area contributed by atoms with Gasteiger partial charge < -0.3 is 9.47 Å². The molecule has 0 saturated carbocycles. The van der Waals surface area contributed by atoms with Gasteiger partial charge in [0.15, 0.2) is 13.1 Å². The van der Waals surface area contributed by atoms with Crippen LogP contribution >= 0.6 is 15.9 Å². The number of carbonyl (C=O) groups excluding carboxylic acids is 1. The molecular weight excluding hydrogens is 248 g/mol. The number of carbonyl (C=O) groups is 1. The highest BCUT2D eigenvalue weighted by molar-refractivity contribution is 9.10. The summed E-state index contributed by atoms with van der Waals surface area (Å²) in [5.74, 6) is 0.527. The van der Waals surface area contributed by atoms with Gasteiger partial charge >= 0.3 is 0 Å². The standard InChI is InChI=1S/C10H11BrO3/c1-7-3-4-9(14-6-13-2)8(5-12)10(7)11/h3-5H,6H2,1-2H3. The Morgan fingerprint density at radius 1 is 1.50 bits per heavy atom. The number of ether oxygens (including phenoxy) is 2. The van der Waals surface area contributed by atoms with E-state index in [0.717, 1.165) is 16.3 Å². The third-order valence-electron chi connectivity index (χ3n) is 1.78. The molecule has 0 aliphatic rings. The Morgan fingerprint density at radius 3 is 2.79 bits per heavy atom. The minimum absolute atomic E-state index is 0.135. The monoisotopic (exact) mass is 258 g/mol. The largest absolute Gasteiger partial charge is 0.467 e. The van der Waals surface area contributed by atoms with Crippen LogP contribution in [0.25, 0.3) is 0 Å². The second-order valence-corrected chi connectivity index (χ2v) is 3.57. The van der Waals surface area contributed by atoms with E-state index in [1.54, 1.807) is 6.07 Å². The number of hydrogen-bond acceptors (Lipinski definition) is 3.